The summed E-state index contributed by atoms with van der Waals surface area (Å²) in [4.78, 5) is 23.3. The van der Waals surface area contributed by atoms with Crippen LogP contribution < -0.4 is 10.9 Å². The molecule has 5 heteroatoms. The number of hydrogen-bond acceptors (Lipinski definition) is 3. The largest absolute Gasteiger partial charge is 0.348 e. The molecule has 0 saturated carbocycles. The van der Waals surface area contributed by atoms with E-state index < -0.39 is 0 Å². The molecule has 94 valence electrons. The predicted molar refractivity (Wildman–Crippen MR) is 71.6 cm³/mol. The Morgan fingerprint density at radius 1 is 1.59 bits per heavy atom. The van der Waals surface area contributed by atoms with Gasteiger partial charge in [0.25, 0.3) is 11.5 Å². The van der Waals surface area contributed by atoms with Gasteiger partial charge in [-0.2, -0.15) is 11.8 Å². The molecular weight excluding hydrogens is 236 g/mol. The number of rotatable bonds is 5. The number of nitrogens with one attached hydrogen (secondary N) is 1. The van der Waals surface area contributed by atoms with Gasteiger partial charge in [-0.3, -0.25) is 9.59 Å². The van der Waals surface area contributed by atoms with Crippen LogP contribution in [0.4, 0.5) is 0 Å². The highest BCUT2D eigenvalue weighted by molar-refractivity contribution is 7.98. The lowest BCUT2D eigenvalue weighted by atomic mass is 10.2. The zero-order valence-electron chi connectivity index (χ0n) is 10.4. The monoisotopic (exact) mass is 254 g/mol. The number of nitrogens with zero attached hydrogens (tertiary/aromatic N) is 1. The number of carbonyl (C=O) groups is 1. The topological polar surface area (TPSA) is 51.1 Å². The van der Waals surface area contributed by atoms with Gasteiger partial charge in [0.2, 0.25) is 0 Å². The van der Waals surface area contributed by atoms with Gasteiger partial charge >= 0.3 is 0 Å². The molecule has 1 amide bonds. The minimum Gasteiger partial charge on any atom is -0.348 e. The maximum atomic E-state index is 11.9. The Hall–Kier alpha value is -1.23. The molecule has 0 radical (unpaired) electrons. The highest BCUT2D eigenvalue weighted by atomic mass is 32.2. The minimum absolute atomic E-state index is 0.154. The van der Waals surface area contributed by atoms with Gasteiger partial charge in [0.05, 0.1) is 0 Å². The maximum absolute atomic E-state index is 11.9. The van der Waals surface area contributed by atoms with Gasteiger partial charge in [0.1, 0.15) is 0 Å². The maximum Gasteiger partial charge on any atom is 0.251 e. The van der Waals surface area contributed by atoms with Gasteiger partial charge in [-0.05, 0) is 18.7 Å². The van der Waals surface area contributed by atoms with Crippen molar-refractivity contribution in [2.45, 2.75) is 19.4 Å². The Kier molecular flexibility index (Phi) is 5.28. The third-order valence-corrected chi connectivity index (χ3v) is 3.30. The molecule has 1 atom stereocenters. The molecule has 0 spiro atoms. The number of aryl methyl sites for hydroxylation is 1. The number of aromatic nitrogens is 1. The summed E-state index contributed by atoms with van der Waals surface area (Å²) in [5.74, 6) is 0.705. The molecule has 17 heavy (non-hydrogen) atoms. The van der Waals surface area contributed by atoms with Crippen molar-refractivity contribution in [3.63, 3.8) is 0 Å². The van der Waals surface area contributed by atoms with Crippen LogP contribution in [0.1, 0.15) is 23.7 Å². The van der Waals surface area contributed by atoms with Crippen LogP contribution in [0.25, 0.3) is 0 Å². The summed E-state index contributed by atoms with van der Waals surface area (Å²) < 4.78 is 1.44. The molecule has 1 aromatic heterocycles. The van der Waals surface area contributed by atoms with E-state index in [1.165, 1.54) is 10.6 Å². The molecule has 1 rings (SSSR count). The van der Waals surface area contributed by atoms with Gasteiger partial charge < -0.3 is 9.88 Å². The molecule has 0 aromatic carbocycles. The van der Waals surface area contributed by atoms with E-state index in [0.29, 0.717) is 5.56 Å². The van der Waals surface area contributed by atoms with E-state index in [2.05, 4.69) is 5.32 Å². The van der Waals surface area contributed by atoms with E-state index >= 15 is 0 Å². The molecule has 1 heterocycles. The molecule has 0 aliphatic rings. The van der Waals surface area contributed by atoms with Crippen molar-refractivity contribution >= 4 is 17.7 Å². The first kappa shape index (κ1) is 13.8. The lowest BCUT2D eigenvalue weighted by molar-refractivity contribution is 0.0939. The van der Waals surface area contributed by atoms with Gasteiger partial charge in [0.15, 0.2) is 0 Å². The van der Waals surface area contributed by atoms with E-state index in [-0.39, 0.29) is 17.5 Å². The number of pyridine rings is 1. The van der Waals surface area contributed by atoms with Crippen LogP contribution >= 0.6 is 11.8 Å². The Bertz CT molecular complexity index is 442. The summed E-state index contributed by atoms with van der Waals surface area (Å²) in [5, 5.41) is 2.92. The second-order valence-corrected chi connectivity index (χ2v) is 4.81. The summed E-state index contributed by atoms with van der Waals surface area (Å²) in [5.41, 5.74) is 0.253. The molecule has 0 saturated heterocycles. The lowest BCUT2D eigenvalue weighted by Gasteiger charge is -2.15. The highest BCUT2D eigenvalue weighted by Crippen LogP contribution is 2.03. The smallest absolute Gasteiger partial charge is 0.251 e. The zero-order chi connectivity index (χ0) is 12.8. The van der Waals surface area contributed by atoms with Crippen molar-refractivity contribution in [3.05, 3.63) is 34.2 Å². The van der Waals surface area contributed by atoms with Crippen molar-refractivity contribution in [1.82, 2.24) is 9.88 Å². The number of carbonyl (C=O) groups excluding carboxylic acids is 1. The summed E-state index contributed by atoms with van der Waals surface area (Å²) in [6.45, 7) is 2.03. The van der Waals surface area contributed by atoms with Crippen LogP contribution in [0.15, 0.2) is 23.1 Å². The van der Waals surface area contributed by atoms with E-state index in [0.717, 1.165) is 12.2 Å². The Morgan fingerprint density at radius 3 is 2.82 bits per heavy atom. The van der Waals surface area contributed by atoms with Crippen LogP contribution in [0.2, 0.25) is 0 Å². The van der Waals surface area contributed by atoms with Crippen molar-refractivity contribution in [2.24, 2.45) is 7.05 Å². The van der Waals surface area contributed by atoms with Crippen LogP contribution in [-0.4, -0.2) is 28.5 Å². The molecule has 1 aromatic rings. The number of thioether (sulfide) groups is 1. The second kappa shape index (κ2) is 6.49. The van der Waals surface area contributed by atoms with Gasteiger partial charge in [-0.15, -0.1) is 0 Å². The van der Waals surface area contributed by atoms with Gasteiger partial charge in [-0.25, -0.2) is 0 Å². The third-order valence-electron chi connectivity index (χ3n) is 2.56. The first-order valence-electron chi connectivity index (χ1n) is 5.55. The molecule has 1 N–H and O–H groups in total. The van der Waals surface area contributed by atoms with E-state index in [1.54, 1.807) is 31.1 Å². The number of hydrogen-bond donors (Lipinski definition) is 1. The first-order valence-corrected chi connectivity index (χ1v) is 6.94. The fourth-order valence-electron chi connectivity index (χ4n) is 1.42. The predicted octanol–water partition coefficient (Wildman–Crippen LogP) is 1.26. The Morgan fingerprint density at radius 2 is 2.29 bits per heavy atom. The lowest BCUT2D eigenvalue weighted by Crippen LogP contribution is -2.36. The van der Waals surface area contributed by atoms with Gasteiger partial charge in [0, 0.05) is 36.7 Å². The second-order valence-electron chi connectivity index (χ2n) is 3.90. The fourth-order valence-corrected chi connectivity index (χ4v) is 2.14. The zero-order valence-corrected chi connectivity index (χ0v) is 11.2. The van der Waals surface area contributed by atoms with Crippen molar-refractivity contribution in [1.29, 1.82) is 0 Å². The molecule has 0 fully saturated rings. The quantitative estimate of drug-likeness (QED) is 0.860. The van der Waals surface area contributed by atoms with Crippen LogP contribution in [0.5, 0.6) is 0 Å². The molecule has 0 aliphatic heterocycles. The highest BCUT2D eigenvalue weighted by Gasteiger charge is 2.12. The fraction of sp³-hybridized carbons (Fsp3) is 0.500. The van der Waals surface area contributed by atoms with Gasteiger partial charge in [-0.1, -0.05) is 6.92 Å². The summed E-state index contributed by atoms with van der Waals surface area (Å²) in [7, 11) is 1.66. The Labute approximate surface area is 105 Å². The molecule has 0 aliphatic carbocycles. The normalized spacial score (nSPS) is 12.2. The average Bonchev–Trinajstić information content (AvgIpc) is 2.31. The molecule has 1 unspecified atom stereocenters. The van der Waals surface area contributed by atoms with Crippen molar-refractivity contribution < 1.29 is 4.79 Å². The summed E-state index contributed by atoms with van der Waals surface area (Å²) in [6, 6.07) is 3.17. The molecular formula is C12H18N2O2S. The van der Waals surface area contributed by atoms with E-state index in [4.69, 9.17) is 0 Å². The molecule has 4 nitrogen and oxygen atoms in total. The van der Waals surface area contributed by atoms with Crippen LogP contribution in [-0.2, 0) is 7.05 Å². The first-order chi connectivity index (χ1) is 8.08. The van der Waals surface area contributed by atoms with Crippen molar-refractivity contribution in [2.75, 3.05) is 12.0 Å². The van der Waals surface area contributed by atoms with Crippen LogP contribution in [0, 0.1) is 0 Å². The van der Waals surface area contributed by atoms with Crippen LogP contribution in [0.3, 0.4) is 0 Å². The standard InChI is InChI=1S/C12H18N2O2S/c1-4-10(8-17-3)13-12(16)9-5-6-14(2)11(15)7-9/h5-7,10H,4,8H2,1-3H3,(H,13,16). The van der Waals surface area contributed by atoms with E-state index in [1.807, 2.05) is 13.2 Å². The molecule has 0 bridgehead atoms. The average molecular weight is 254 g/mol. The SMILES string of the molecule is CCC(CSC)NC(=O)c1ccn(C)c(=O)c1. The number of amides is 1. The Balaban J connectivity index is 2.75. The van der Waals surface area contributed by atoms with E-state index in [9.17, 15) is 9.59 Å². The summed E-state index contributed by atoms with van der Waals surface area (Å²) >= 11 is 1.70. The third kappa shape index (κ3) is 3.93. The minimum atomic E-state index is -0.177. The van der Waals surface area contributed by atoms with Crippen molar-refractivity contribution in [3.8, 4) is 0 Å². The summed E-state index contributed by atoms with van der Waals surface area (Å²) in [6.07, 6.45) is 4.50.